The first-order valence-electron chi connectivity index (χ1n) is 6.76. The van der Waals surface area contributed by atoms with Gasteiger partial charge in [0.2, 0.25) is 0 Å². The number of benzene rings is 1. The quantitative estimate of drug-likeness (QED) is 0.800. The smallest absolute Gasteiger partial charge is 0.326 e. The first-order chi connectivity index (χ1) is 9.64. The molecule has 0 fully saturated rings. The lowest BCUT2D eigenvalue weighted by Gasteiger charge is -2.22. The fraction of sp³-hybridized carbons (Fsp3) is 0.500. The summed E-state index contributed by atoms with van der Waals surface area (Å²) in [5, 5.41) is 0. The van der Waals surface area contributed by atoms with Crippen molar-refractivity contribution < 1.29 is 19.1 Å². The molecule has 0 unspecified atom stereocenters. The van der Waals surface area contributed by atoms with E-state index < -0.39 is 11.6 Å². The maximum atomic E-state index is 12.3. The van der Waals surface area contributed by atoms with Crippen molar-refractivity contribution in [3.05, 3.63) is 29.3 Å². The standard InChI is InChI=1S/C16H23NO4/c1-11-7-8-12(9-13(11)20-6)15(19)17(5)10-14(18)21-16(2,3)4/h7-9H,10H2,1-6H3. The molecule has 0 heterocycles. The molecule has 0 radical (unpaired) electrons. The monoisotopic (exact) mass is 293 g/mol. The van der Waals surface area contributed by atoms with Crippen LogP contribution in [0, 0.1) is 6.92 Å². The third-order valence-corrected chi connectivity index (χ3v) is 2.79. The van der Waals surface area contributed by atoms with Gasteiger partial charge in [0.25, 0.3) is 5.91 Å². The third kappa shape index (κ3) is 5.10. The number of ether oxygens (including phenoxy) is 2. The van der Waals surface area contributed by atoms with Gasteiger partial charge in [-0.05, 0) is 45.4 Å². The molecule has 0 atom stereocenters. The zero-order valence-electron chi connectivity index (χ0n) is 13.5. The predicted molar refractivity (Wildman–Crippen MR) is 80.5 cm³/mol. The number of hydrogen-bond acceptors (Lipinski definition) is 4. The molecule has 0 aliphatic carbocycles. The number of likely N-dealkylation sites (N-methyl/N-ethyl adjacent to an activating group) is 1. The van der Waals surface area contributed by atoms with E-state index in [2.05, 4.69) is 0 Å². The Labute approximate surface area is 125 Å². The molecule has 1 rings (SSSR count). The van der Waals surface area contributed by atoms with E-state index in [9.17, 15) is 9.59 Å². The van der Waals surface area contributed by atoms with Crippen molar-refractivity contribution in [2.24, 2.45) is 0 Å². The molecule has 5 heteroatoms. The molecule has 0 spiro atoms. The first kappa shape index (κ1) is 17.0. The minimum absolute atomic E-state index is 0.0910. The van der Waals surface area contributed by atoms with Gasteiger partial charge in [-0.3, -0.25) is 9.59 Å². The molecule has 116 valence electrons. The maximum Gasteiger partial charge on any atom is 0.326 e. The van der Waals surface area contributed by atoms with Gasteiger partial charge in [0, 0.05) is 12.6 Å². The lowest BCUT2D eigenvalue weighted by Crippen LogP contribution is -2.36. The molecule has 0 aromatic heterocycles. The normalized spacial score (nSPS) is 11.0. The van der Waals surface area contributed by atoms with Crippen molar-refractivity contribution in [2.75, 3.05) is 20.7 Å². The van der Waals surface area contributed by atoms with E-state index in [1.807, 2.05) is 13.0 Å². The summed E-state index contributed by atoms with van der Waals surface area (Å²) in [4.78, 5) is 25.4. The zero-order chi connectivity index (χ0) is 16.2. The second-order valence-corrected chi connectivity index (χ2v) is 5.93. The average Bonchev–Trinajstić information content (AvgIpc) is 2.36. The molecule has 0 aliphatic heterocycles. The number of hydrogen-bond donors (Lipinski definition) is 0. The summed E-state index contributed by atoms with van der Waals surface area (Å²) in [6, 6.07) is 5.20. The molecule has 5 nitrogen and oxygen atoms in total. The number of esters is 1. The molecule has 1 aromatic carbocycles. The number of rotatable bonds is 4. The van der Waals surface area contributed by atoms with E-state index in [1.165, 1.54) is 4.90 Å². The Kier molecular flexibility index (Phi) is 5.35. The summed E-state index contributed by atoms with van der Waals surface area (Å²) in [7, 11) is 3.12. The van der Waals surface area contributed by atoms with Crippen LogP contribution in [0.15, 0.2) is 18.2 Å². The fourth-order valence-electron chi connectivity index (χ4n) is 1.81. The summed E-state index contributed by atoms with van der Waals surface area (Å²) in [5.74, 6) is -0.0388. The first-order valence-corrected chi connectivity index (χ1v) is 6.76. The van der Waals surface area contributed by atoms with Crippen LogP contribution in [-0.4, -0.2) is 43.1 Å². The highest BCUT2D eigenvalue weighted by atomic mass is 16.6. The van der Waals surface area contributed by atoms with Gasteiger partial charge < -0.3 is 14.4 Å². The number of methoxy groups -OCH3 is 1. The molecule has 0 bridgehead atoms. The van der Waals surface area contributed by atoms with Gasteiger partial charge in [0.1, 0.15) is 17.9 Å². The van der Waals surface area contributed by atoms with E-state index in [1.54, 1.807) is 47.1 Å². The second kappa shape index (κ2) is 6.61. The van der Waals surface area contributed by atoms with Crippen molar-refractivity contribution in [2.45, 2.75) is 33.3 Å². The summed E-state index contributed by atoms with van der Waals surface area (Å²) in [5.41, 5.74) is 0.862. The molecule has 21 heavy (non-hydrogen) atoms. The SMILES string of the molecule is COc1cc(C(=O)N(C)CC(=O)OC(C)(C)C)ccc1C. The largest absolute Gasteiger partial charge is 0.496 e. The minimum Gasteiger partial charge on any atom is -0.496 e. The molecule has 0 aliphatic rings. The van der Waals surface area contributed by atoms with Gasteiger partial charge in [-0.2, -0.15) is 0 Å². The van der Waals surface area contributed by atoms with Gasteiger partial charge in [-0.15, -0.1) is 0 Å². The lowest BCUT2D eigenvalue weighted by atomic mass is 10.1. The number of carbonyl (C=O) groups excluding carboxylic acids is 2. The Hall–Kier alpha value is -2.04. The summed E-state index contributed by atoms with van der Waals surface area (Å²) in [6.45, 7) is 7.18. The van der Waals surface area contributed by atoms with Crippen LogP contribution < -0.4 is 4.74 Å². The van der Waals surface area contributed by atoms with Gasteiger partial charge in [0.05, 0.1) is 7.11 Å². The predicted octanol–water partition coefficient (Wildman–Crippen LogP) is 2.42. The van der Waals surface area contributed by atoms with Crippen molar-refractivity contribution in [3.63, 3.8) is 0 Å². The van der Waals surface area contributed by atoms with E-state index >= 15 is 0 Å². The fourth-order valence-corrected chi connectivity index (χ4v) is 1.81. The van der Waals surface area contributed by atoms with E-state index in [0.29, 0.717) is 11.3 Å². The van der Waals surface area contributed by atoms with Crippen LogP contribution in [0.25, 0.3) is 0 Å². The minimum atomic E-state index is -0.561. The second-order valence-electron chi connectivity index (χ2n) is 5.93. The van der Waals surface area contributed by atoms with Crippen molar-refractivity contribution >= 4 is 11.9 Å². The van der Waals surface area contributed by atoms with Crippen molar-refractivity contribution in [1.82, 2.24) is 4.90 Å². The summed E-state index contributed by atoms with van der Waals surface area (Å²) < 4.78 is 10.4. The highest BCUT2D eigenvalue weighted by molar-refractivity contribution is 5.96. The van der Waals surface area contributed by atoms with Gasteiger partial charge in [-0.1, -0.05) is 6.07 Å². The summed E-state index contributed by atoms with van der Waals surface area (Å²) in [6.07, 6.45) is 0. The molecular formula is C16H23NO4. The third-order valence-electron chi connectivity index (χ3n) is 2.79. The average molecular weight is 293 g/mol. The summed E-state index contributed by atoms with van der Waals surface area (Å²) >= 11 is 0. The van der Waals surface area contributed by atoms with Crippen molar-refractivity contribution in [1.29, 1.82) is 0 Å². The van der Waals surface area contributed by atoms with Crippen LogP contribution in [0.3, 0.4) is 0 Å². The van der Waals surface area contributed by atoms with Crippen LogP contribution in [0.1, 0.15) is 36.7 Å². The molecule has 1 aromatic rings. The maximum absolute atomic E-state index is 12.3. The topological polar surface area (TPSA) is 55.8 Å². The number of carbonyl (C=O) groups is 2. The van der Waals surface area contributed by atoms with Crippen LogP contribution in [0.4, 0.5) is 0 Å². The van der Waals surface area contributed by atoms with E-state index in [0.717, 1.165) is 5.56 Å². The van der Waals surface area contributed by atoms with Crippen LogP contribution in [0.5, 0.6) is 5.75 Å². The Bertz CT molecular complexity index is 532. The zero-order valence-corrected chi connectivity index (χ0v) is 13.5. The van der Waals surface area contributed by atoms with Gasteiger partial charge in [0.15, 0.2) is 0 Å². The Morgan fingerprint density at radius 1 is 1.24 bits per heavy atom. The molecular weight excluding hydrogens is 270 g/mol. The van der Waals surface area contributed by atoms with Crippen LogP contribution >= 0.6 is 0 Å². The Morgan fingerprint density at radius 3 is 2.38 bits per heavy atom. The highest BCUT2D eigenvalue weighted by Crippen LogP contribution is 2.19. The van der Waals surface area contributed by atoms with Crippen molar-refractivity contribution in [3.8, 4) is 5.75 Å². The van der Waals surface area contributed by atoms with E-state index in [-0.39, 0.29) is 12.5 Å². The van der Waals surface area contributed by atoms with Gasteiger partial charge in [-0.25, -0.2) is 0 Å². The van der Waals surface area contributed by atoms with Crippen LogP contribution in [0.2, 0.25) is 0 Å². The number of amides is 1. The molecule has 0 saturated carbocycles. The molecule has 1 amide bonds. The number of nitrogens with zero attached hydrogens (tertiary/aromatic N) is 1. The van der Waals surface area contributed by atoms with Gasteiger partial charge >= 0.3 is 5.97 Å². The highest BCUT2D eigenvalue weighted by Gasteiger charge is 2.21. The molecule has 0 N–H and O–H groups in total. The Morgan fingerprint density at radius 2 is 1.86 bits per heavy atom. The molecule has 0 saturated heterocycles. The van der Waals surface area contributed by atoms with E-state index in [4.69, 9.17) is 9.47 Å². The Balaban J connectivity index is 2.77. The lowest BCUT2D eigenvalue weighted by molar-refractivity contribution is -0.155. The van der Waals surface area contributed by atoms with Crippen LogP contribution in [-0.2, 0) is 9.53 Å². The number of aryl methyl sites for hydroxylation is 1.